The molecule has 3 nitrogen and oxygen atoms in total. The Morgan fingerprint density at radius 1 is 1.29 bits per heavy atom. The molecule has 17 heavy (non-hydrogen) atoms. The van der Waals surface area contributed by atoms with E-state index in [4.69, 9.17) is 10.5 Å². The predicted octanol–water partition coefficient (Wildman–Crippen LogP) is 2.79. The van der Waals surface area contributed by atoms with Gasteiger partial charge in [0.25, 0.3) is 0 Å². The van der Waals surface area contributed by atoms with Crippen LogP contribution in [0.25, 0.3) is 0 Å². The number of esters is 1. The van der Waals surface area contributed by atoms with Gasteiger partial charge >= 0.3 is 5.97 Å². The largest absolute Gasteiger partial charge is 0.460 e. The van der Waals surface area contributed by atoms with E-state index in [9.17, 15) is 4.79 Å². The number of carbonyl (C=O) groups is 1. The molecular formula is C14H21NO2. The number of anilines is 1. The molecule has 0 saturated heterocycles. The van der Waals surface area contributed by atoms with E-state index in [1.54, 1.807) is 0 Å². The Morgan fingerprint density at radius 3 is 2.29 bits per heavy atom. The maximum Gasteiger partial charge on any atom is 0.309 e. The first-order valence-electron chi connectivity index (χ1n) is 5.85. The highest BCUT2D eigenvalue weighted by Gasteiger charge is 2.21. The van der Waals surface area contributed by atoms with Gasteiger partial charge in [-0.25, -0.2) is 0 Å². The highest BCUT2D eigenvalue weighted by atomic mass is 16.6. The fourth-order valence-electron chi connectivity index (χ4n) is 1.49. The Hall–Kier alpha value is -1.51. The minimum absolute atomic E-state index is 0.141. The third kappa shape index (κ3) is 4.89. The van der Waals surface area contributed by atoms with Crippen LogP contribution in [-0.4, -0.2) is 11.6 Å². The second-order valence-electron chi connectivity index (χ2n) is 5.38. The Bertz CT molecular complexity index is 376. The second kappa shape index (κ2) is 5.21. The van der Waals surface area contributed by atoms with Crippen molar-refractivity contribution in [3.63, 3.8) is 0 Å². The number of benzene rings is 1. The van der Waals surface area contributed by atoms with Crippen LogP contribution in [0.15, 0.2) is 24.3 Å². The lowest BCUT2D eigenvalue weighted by Gasteiger charge is -2.22. The summed E-state index contributed by atoms with van der Waals surface area (Å²) in [5, 5.41) is 0. The van der Waals surface area contributed by atoms with Crippen molar-refractivity contribution in [1.29, 1.82) is 0 Å². The molecule has 1 rings (SSSR count). The van der Waals surface area contributed by atoms with Gasteiger partial charge in [-0.15, -0.1) is 0 Å². The summed E-state index contributed by atoms with van der Waals surface area (Å²) >= 11 is 0. The molecule has 0 saturated carbocycles. The van der Waals surface area contributed by atoms with E-state index in [-0.39, 0.29) is 11.9 Å². The lowest BCUT2D eigenvalue weighted by Crippen LogP contribution is -2.28. The Labute approximate surface area is 103 Å². The minimum Gasteiger partial charge on any atom is -0.460 e. The second-order valence-corrected chi connectivity index (χ2v) is 5.38. The Balaban J connectivity index is 2.57. The summed E-state index contributed by atoms with van der Waals surface area (Å²) in [6.07, 6.45) is 0.676. The summed E-state index contributed by atoms with van der Waals surface area (Å²) in [5.74, 6) is -0.299. The molecule has 1 aromatic carbocycles. The zero-order valence-electron chi connectivity index (χ0n) is 11.0. The number of hydrogen-bond donors (Lipinski definition) is 1. The summed E-state index contributed by atoms with van der Waals surface area (Å²) in [7, 11) is 0. The zero-order chi connectivity index (χ0) is 13.1. The van der Waals surface area contributed by atoms with E-state index in [1.807, 2.05) is 52.0 Å². The van der Waals surface area contributed by atoms with Gasteiger partial charge in [0.15, 0.2) is 0 Å². The van der Waals surface area contributed by atoms with E-state index in [2.05, 4.69) is 0 Å². The fourth-order valence-corrected chi connectivity index (χ4v) is 1.49. The molecule has 2 N–H and O–H groups in total. The van der Waals surface area contributed by atoms with Crippen molar-refractivity contribution in [1.82, 2.24) is 0 Å². The Kier molecular flexibility index (Phi) is 4.16. The molecule has 0 aliphatic carbocycles. The average Bonchev–Trinajstić information content (AvgIpc) is 2.19. The highest BCUT2D eigenvalue weighted by molar-refractivity contribution is 5.72. The molecule has 0 bridgehead atoms. The van der Waals surface area contributed by atoms with E-state index >= 15 is 0 Å². The summed E-state index contributed by atoms with van der Waals surface area (Å²) in [6, 6.07) is 7.57. The van der Waals surface area contributed by atoms with Gasteiger partial charge in [-0.1, -0.05) is 19.1 Å². The van der Waals surface area contributed by atoms with Gasteiger partial charge in [0.2, 0.25) is 0 Å². The van der Waals surface area contributed by atoms with Crippen molar-refractivity contribution in [3.05, 3.63) is 29.8 Å². The third-order valence-corrected chi connectivity index (χ3v) is 2.33. The van der Waals surface area contributed by atoms with Crippen molar-refractivity contribution in [2.45, 2.75) is 39.7 Å². The molecule has 0 fully saturated rings. The van der Waals surface area contributed by atoms with Crippen molar-refractivity contribution < 1.29 is 9.53 Å². The average molecular weight is 235 g/mol. The van der Waals surface area contributed by atoms with Gasteiger partial charge in [-0.05, 0) is 44.9 Å². The lowest BCUT2D eigenvalue weighted by atomic mass is 10.0. The first-order valence-corrected chi connectivity index (χ1v) is 5.85. The predicted molar refractivity (Wildman–Crippen MR) is 69.6 cm³/mol. The first kappa shape index (κ1) is 13.6. The first-order chi connectivity index (χ1) is 7.78. The quantitative estimate of drug-likeness (QED) is 0.647. The number of nitrogen functional groups attached to an aromatic ring is 1. The molecule has 1 aromatic rings. The molecule has 0 unspecified atom stereocenters. The van der Waals surface area contributed by atoms with Crippen molar-refractivity contribution in [2.24, 2.45) is 5.92 Å². The molecule has 0 aromatic heterocycles. The third-order valence-electron chi connectivity index (χ3n) is 2.33. The van der Waals surface area contributed by atoms with E-state index < -0.39 is 5.60 Å². The van der Waals surface area contributed by atoms with E-state index in [1.165, 1.54) is 0 Å². The molecule has 0 amide bonds. The topological polar surface area (TPSA) is 52.3 Å². The Morgan fingerprint density at radius 2 is 1.82 bits per heavy atom. The van der Waals surface area contributed by atoms with Crippen LogP contribution in [0, 0.1) is 5.92 Å². The molecule has 1 atom stereocenters. The summed E-state index contributed by atoms with van der Waals surface area (Å²) < 4.78 is 5.33. The molecule has 94 valence electrons. The summed E-state index contributed by atoms with van der Waals surface area (Å²) in [5.41, 5.74) is 7.01. The molecule has 0 radical (unpaired) electrons. The van der Waals surface area contributed by atoms with Crippen LogP contribution in [0.3, 0.4) is 0 Å². The molecule has 0 spiro atoms. The van der Waals surface area contributed by atoms with Gasteiger partial charge in [0, 0.05) is 5.69 Å². The molecule has 0 aliphatic rings. The number of ether oxygens (including phenoxy) is 1. The normalized spacial score (nSPS) is 13.2. The number of rotatable bonds is 3. The minimum atomic E-state index is -0.424. The van der Waals surface area contributed by atoms with Crippen LogP contribution < -0.4 is 5.73 Å². The highest BCUT2D eigenvalue weighted by Crippen LogP contribution is 2.16. The standard InChI is InChI=1S/C14H21NO2/c1-10(13(16)17-14(2,3)4)9-11-5-7-12(15)8-6-11/h5-8,10H,9,15H2,1-4H3/t10-/m0/s1. The van der Waals surface area contributed by atoms with Crippen molar-refractivity contribution in [2.75, 3.05) is 5.73 Å². The van der Waals surface area contributed by atoms with Gasteiger partial charge in [0.05, 0.1) is 5.92 Å². The summed E-state index contributed by atoms with van der Waals surface area (Å²) in [4.78, 5) is 11.8. The van der Waals surface area contributed by atoms with Crippen LogP contribution in [-0.2, 0) is 16.0 Å². The van der Waals surface area contributed by atoms with Crippen LogP contribution in [0.4, 0.5) is 5.69 Å². The van der Waals surface area contributed by atoms with E-state index in [0.717, 1.165) is 11.3 Å². The van der Waals surface area contributed by atoms with Crippen LogP contribution in [0.2, 0.25) is 0 Å². The van der Waals surface area contributed by atoms with Gasteiger partial charge in [-0.3, -0.25) is 4.79 Å². The van der Waals surface area contributed by atoms with Gasteiger partial charge in [0.1, 0.15) is 5.60 Å². The monoisotopic (exact) mass is 235 g/mol. The zero-order valence-corrected chi connectivity index (χ0v) is 11.0. The fraction of sp³-hybridized carbons (Fsp3) is 0.500. The van der Waals surface area contributed by atoms with Crippen LogP contribution in [0.1, 0.15) is 33.3 Å². The smallest absolute Gasteiger partial charge is 0.309 e. The van der Waals surface area contributed by atoms with Crippen LogP contribution >= 0.6 is 0 Å². The van der Waals surface area contributed by atoms with Crippen molar-refractivity contribution in [3.8, 4) is 0 Å². The number of carbonyl (C=O) groups excluding carboxylic acids is 1. The number of nitrogens with two attached hydrogens (primary N) is 1. The van der Waals surface area contributed by atoms with Gasteiger partial charge in [-0.2, -0.15) is 0 Å². The lowest BCUT2D eigenvalue weighted by molar-refractivity contribution is -0.159. The SMILES string of the molecule is C[C@@H](Cc1ccc(N)cc1)C(=O)OC(C)(C)C. The summed E-state index contributed by atoms with van der Waals surface area (Å²) in [6.45, 7) is 7.51. The maximum atomic E-state index is 11.8. The molecule has 0 heterocycles. The van der Waals surface area contributed by atoms with E-state index in [0.29, 0.717) is 6.42 Å². The number of hydrogen-bond acceptors (Lipinski definition) is 3. The molecule has 3 heteroatoms. The molecular weight excluding hydrogens is 214 g/mol. The van der Waals surface area contributed by atoms with Crippen molar-refractivity contribution >= 4 is 11.7 Å². The van der Waals surface area contributed by atoms with Crippen LogP contribution in [0.5, 0.6) is 0 Å². The maximum absolute atomic E-state index is 11.8. The van der Waals surface area contributed by atoms with Gasteiger partial charge < -0.3 is 10.5 Å². The molecule has 0 aliphatic heterocycles.